The number of rotatable bonds is 3. The molecule has 2 aliphatic heterocycles. The zero-order chi connectivity index (χ0) is 16.7. The van der Waals surface area contributed by atoms with Crippen LogP contribution < -0.4 is 10.7 Å². The van der Waals surface area contributed by atoms with Gasteiger partial charge in [0.05, 0.1) is 18.0 Å². The molecule has 0 aromatic carbocycles. The monoisotopic (exact) mass is 336 g/mol. The molecule has 0 amide bonds. The van der Waals surface area contributed by atoms with Gasteiger partial charge in [0.15, 0.2) is 11.0 Å². The number of fused-ring (bicyclic) bond motifs is 2. The van der Waals surface area contributed by atoms with Crippen molar-refractivity contribution in [3.63, 3.8) is 0 Å². The number of thioether (sulfide) groups is 1. The normalized spacial score (nSPS) is 22.7. The average Bonchev–Trinajstić information content (AvgIpc) is 2.86. The Balaban J connectivity index is 2.14. The van der Waals surface area contributed by atoms with Crippen LogP contribution in [0.25, 0.3) is 5.70 Å². The lowest BCUT2D eigenvalue weighted by molar-refractivity contribution is 0.0523. The number of hydrogen-bond donors (Lipinski definition) is 2. The Labute approximate surface area is 138 Å². The van der Waals surface area contributed by atoms with Crippen LogP contribution in [-0.2, 0) is 4.74 Å². The molecule has 1 aromatic heterocycles. The molecule has 3 heterocycles. The first-order valence-electron chi connectivity index (χ1n) is 7.70. The van der Waals surface area contributed by atoms with Gasteiger partial charge >= 0.3 is 5.97 Å². The van der Waals surface area contributed by atoms with Gasteiger partial charge in [0.1, 0.15) is 5.56 Å². The summed E-state index contributed by atoms with van der Waals surface area (Å²) in [5, 5.41) is 12.8. The number of esters is 1. The van der Waals surface area contributed by atoms with Crippen molar-refractivity contribution < 1.29 is 14.6 Å². The first-order valence-corrected chi connectivity index (χ1v) is 8.58. The van der Waals surface area contributed by atoms with Crippen molar-refractivity contribution >= 4 is 23.4 Å². The molecular formula is C16H20N2O4S. The standard InChI is InChI=1S/C16H20N2O4S/c1-4-22-15(20)9-7-18-10(8(2)3)6-13-14(17-16(21)23-13)11(18)5-12(9)19/h5,7-8,10,16-17,21H,4,6H2,1-3H3. The molecule has 2 N–H and O–H groups in total. The van der Waals surface area contributed by atoms with Gasteiger partial charge in [-0.1, -0.05) is 25.6 Å². The van der Waals surface area contributed by atoms with Crippen molar-refractivity contribution in [1.29, 1.82) is 0 Å². The van der Waals surface area contributed by atoms with Crippen LogP contribution in [-0.4, -0.2) is 27.8 Å². The second-order valence-corrected chi connectivity index (χ2v) is 7.17. The lowest BCUT2D eigenvalue weighted by atomic mass is 9.95. The molecule has 0 fully saturated rings. The van der Waals surface area contributed by atoms with Crippen molar-refractivity contribution in [3.05, 3.63) is 38.6 Å². The van der Waals surface area contributed by atoms with Gasteiger partial charge in [-0.3, -0.25) is 4.79 Å². The predicted octanol–water partition coefficient (Wildman–Crippen LogP) is 1.91. The van der Waals surface area contributed by atoms with Crippen LogP contribution in [0.5, 0.6) is 0 Å². The number of pyridine rings is 1. The number of carbonyl (C=O) groups excluding carboxylic acids is 1. The molecule has 6 nitrogen and oxygen atoms in total. The van der Waals surface area contributed by atoms with E-state index in [0.29, 0.717) is 11.6 Å². The Hall–Kier alpha value is -1.73. The Morgan fingerprint density at radius 3 is 2.96 bits per heavy atom. The van der Waals surface area contributed by atoms with Gasteiger partial charge in [-0.15, -0.1) is 0 Å². The second kappa shape index (κ2) is 6.05. The van der Waals surface area contributed by atoms with E-state index in [1.807, 2.05) is 4.57 Å². The second-order valence-electron chi connectivity index (χ2n) is 5.99. The molecule has 2 atom stereocenters. The number of carbonyl (C=O) groups is 1. The number of nitrogens with one attached hydrogen (secondary N) is 1. The lowest BCUT2D eigenvalue weighted by Crippen LogP contribution is -2.30. The summed E-state index contributed by atoms with van der Waals surface area (Å²) in [6.07, 6.45) is 2.36. The number of aliphatic hydroxyl groups is 1. The van der Waals surface area contributed by atoms with Gasteiger partial charge < -0.3 is 19.7 Å². The Morgan fingerprint density at radius 1 is 1.57 bits per heavy atom. The highest BCUT2D eigenvalue weighted by molar-refractivity contribution is 8.03. The van der Waals surface area contributed by atoms with Gasteiger partial charge in [0.2, 0.25) is 0 Å². The minimum Gasteiger partial charge on any atom is -0.462 e. The van der Waals surface area contributed by atoms with E-state index in [-0.39, 0.29) is 23.6 Å². The highest BCUT2D eigenvalue weighted by Gasteiger charge is 2.34. The number of allylic oxidation sites excluding steroid dienone is 1. The number of aromatic nitrogens is 1. The first kappa shape index (κ1) is 16.1. The summed E-state index contributed by atoms with van der Waals surface area (Å²) >= 11 is 1.38. The zero-order valence-electron chi connectivity index (χ0n) is 13.3. The maximum absolute atomic E-state index is 12.3. The quantitative estimate of drug-likeness (QED) is 0.821. The van der Waals surface area contributed by atoms with E-state index in [1.165, 1.54) is 17.8 Å². The molecule has 3 rings (SSSR count). The molecule has 0 aliphatic carbocycles. The van der Waals surface area contributed by atoms with Gasteiger partial charge in [0, 0.05) is 29.6 Å². The molecule has 7 heteroatoms. The van der Waals surface area contributed by atoms with Crippen LogP contribution in [0.1, 0.15) is 49.3 Å². The fourth-order valence-corrected chi connectivity index (χ4v) is 4.02. The van der Waals surface area contributed by atoms with Crippen LogP contribution in [0.2, 0.25) is 0 Å². The number of ether oxygens (including phenoxy) is 1. The molecule has 0 radical (unpaired) electrons. The first-order chi connectivity index (χ1) is 10.9. The molecule has 124 valence electrons. The summed E-state index contributed by atoms with van der Waals surface area (Å²) in [6, 6.07) is 1.58. The minimum absolute atomic E-state index is 0.0523. The third-order valence-electron chi connectivity index (χ3n) is 4.15. The van der Waals surface area contributed by atoms with Gasteiger partial charge in [-0.2, -0.15) is 0 Å². The fraction of sp³-hybridized carbons (Fsp3) is 0.500. The van der Waals surface area contributed by atoms with Crippen LogP contribution in [0.4, 0.5) is 0 Å². The van der Waals surface area contributed by atoms with E-state index in [2.05, 4.69) is 19.2 Å². The third-order valence-corrected chi connectivity index (χ3v) is 5.15. The van der Waals surface area contributed by atoms with Gasteiger partial charge in [0.25, 0.3) is 0 Å². The van der Waals surface area contributed by atoms with Crippen LogP contribution in [0, 0.1) is 5.92 Å². The smallest absolute Gasteiger partial charge is 0.343 e. The van der Waals surface area contributed by atoms with Crippen molar-refractivity contribution in [2.24, 2.45) is 5.92 Å². The highest BCUT2D eigenvalue weighted by Crippen LogP contribution is 2.45. The van der Waals surface area contributed by atoms with Crippen molar-refractivity contribution in [1.82, 2.24) is 9.88 Å². The van der Waals surface area contributed by atoms with Crippen molar-refractivity contribution in [2.45, 2.75) is 38.8 Å². The van der Waals surface area contributed by atoms with E-state index < -0.39 is 11.5 Å². The molecule has 2 unspecified atom stereocenters. The molecule has 0 saturated heterocycles. The summed E-state index contributed by atoms with van der Waals surface area (Å²) in [5.41, 5.74) is 0.494. The van der Waals surface area contributed by atoms with Gasteiger partial charge in [-0.05, 0) is 12.8 Å². The van der Waals surface area contributed by atoms with E-state index in [1.54, 1.807) is 13.1 Å². The topological polar surface area (TPSA) is 80.6 Å². The maximum atomic E-state index is 12.3. The summed E-state index contributed by atoms with van der Waals surface area (Å²) in [5.74, 6) is -0.275. The summed E-state index contributed by atoms with van der Waals surface area (Å²) in [6.45, 7) is 6.15. The molecule has 23 heavy (non-hydrogen) atoms. The largest absolute Gasteiger partial charge is 0.462 e. The fourth-order valence-electron chi connectivity index (χ4n) is 3.03. The van der Waals surface area contributed by atoms with Crippen molar-refractivity contribution in [3.8, 4) is 0 Å². The Bertz CT molecular complexity index is 738. The lowest BCUT2D eigenvalue weighted by Gasteiger charge is -2.32. The number of nitrogens with zero attached hydrogens (tertiary/aromatic N) is 1. The molecule has 0 bridgehead atoms. The number of aliphatic hydroxyl groups excluding tert-OH is 1. The van der Waals surface area contributed by atoms with Gasteiger partial charge in [-0.25, -0.2) is 4.79 Å². The van der Waals surface area contributed by atoms with Crippen molar-refractivity contribution in [2.75, 3.05) is 6.61 Å². The highest BCUT2D eigenvalue weighted by atomic mass is 32.2. The van der Waals surface area contributed by atoms with Crippen LogP contribution in [0.15, 0.2) is 22.0 Å². The summed E-state index contributed by atoms with van der Waals surface area (Å²) in [4.78, 5) is 25.4. The van der Waals surface area contributed by atoms with E-state index in [0.717, 1.165) is 17.0 Å². The molecule has 0 saturated carbocycles. The molecule has 0 spiro atoms. The third kappa shape index (κ3) is 2.79. The van der Waals surface area contributed by atoms with E-state index in [9.17, 15) is 14.7 Å². The van der Waals surface area contributed by atoms with E-state index in [4.69, 9.17) is 4.74 Å². The van der Waals surface area contributed by atoms with Crippen LogP contribution >= 0.6 is 11.8 Å². The van der Waals surface area contributed by atoms with E-state index >= 15 is 0 Å². The summed E-state index contributed by atoms with van der Waals surface area (Å²) in [7, 11) is 0. The Kier molecular flexibility index (Phi) is 4.25. The molecular weight excluding hydrogens is 316 g/mol. The van der Waals surface area contributed by atoms with Crippen LogP contribution in [0.3, 0.4) is 0 Å². The number of hydrogen-bond acceptors (Lipinski definition) is 6. The SMILES string of the molecule is CCOC(=O)c1cn2c(cc1=O)C1=C(CC2C(C)C)SC(O)N1. The molecule has 2 aliphatic rings. The predicted molar refractivity (Wildman–Crippen MR) is 88.8 cm³/mol. The minimum atomic E-state index is -0.695. The summed E-state index contributed by atoms with van der Waals surface area (Å²) < 4.78 is 6.94. The maximum Gasteiger partial charge on any atom is 0.343 e. The molecule has 1 aromatic rings. The zero-order valence-corrected chi connectivity index (χ0v) is 14.1. The average molecular weight is 336 g/mol. The Morgan fingerprint density at radius 2 is 2.30 bits per heavy atom.